The molecule has 0 aromatic rings. The molecule has 0 aliphatic carbocycles. The largest absolute Gasteiger partial charge is 0.404 e. The fourth-order valence-corrected chi connectivity index (χ4v) is 0.738. The average Bonchev–Trinajstić information content (AvgIpc) is 2.37. The van der Waals surface area contributed by atoms with Gasteiger partial charge in [0.1, 0.15) is 0 Å². The quantitative estimate of drug-likeness (QED) is 0.691. The van der Waals surface area contributed by atoms with Crippen LogP contribution in [0, 0.1) is 5.92 Å². The first-order valence-electron chi connectivity index (χ1n) is 6.95. The fraction of sp³-hybridized carbons (Fsp3) is 0.800. The number of nitrogens with two attached hydrogens (primary N) is 1. The summed E-state index contributed by atoms with van der Waals surface area (Å²) in [6.07, 6.45) is 8.19. The summed E-state index contributed by atoms with van der Waals surface area (Å²) in [5.41, 5.74) is 6.48. The van der Waals surface area contributed by atoms with Gasteiger partial charge in [-0.3, -0.25) is 4.99 Å². The van der Waals surface area contributed by atoms with Gasteiger partial charge in [0, 0.05) is 13.3 Å². The molecule has 0 aliphatic rings. The number of aliphatic imine (C=N–C) groups is 1. The molecule has 17 heavy (non-hydrogen) atoms. The summed E-state index contributed by atoms with van der Waals surface area (Å²) in [6, 6.07) is 0. The van der Waals surface area contributed by atoms with Crippen LogP contribution in [-0.4, -0.2) is 13.3 Å². The van der Waals surface area contributed by atoms with E-state index in [0.717, 1.165) is 17.9 Å². The summed E-state index contributed by atoms with van der Waals surface area (Å²) in [5.74, 6) is 0.884. The molecule has 0 radical (unpaired) electrons. The summed E-state index contributed by atoms with van der Waals surface area (Å²) in [4.78, 5) is 3.89. The zero-order valence-electron chi connectivity index (χ0n) is 13.1. The first-order valence-corrected chi connectivity index (χ1v) is 6.95. The summed E-state index contributed by atoms with van der Waals surface area (Å²) in [5, 5.41) is 0. The Bertz CT molecular complexity index is 170. The number of allylic oxidation sites excluding steroid dienone is 1. The van der Waals surface area contributed by atoms with Gasteiger partial charge in [-0.25, -0.2) is 0 Å². The molecule has 0 rings (SSSR count). The van der Waals surface area contributed by atoms with Crippen molar-refractivity contribution in [1.82, 2.24) is 0 Å². The van der Waals surface area contributed by atoms with Crippen molar-refractivity contribution in [2.45, 2.75) is 67.2 Å². The van der Waals surface area contributed by atoms with Crippen molar-refractivity contribution in [3.05, 3.63) is 11.8 Å². The molecule has 0 spiro atoms. The Morgan fingerprint density at radius 2 is 1.71 bits per heavy atom. The van der Waals surface area contributed by atoms with Crippen molar-refractivity contribution >= 4 is 6.21 Å². The second-order valence-corrected chi connectivity index (χ2v) is 4.03. The summed E-state index contributed by atoms with van der Waals surface area (Å²) in [7, 11) is 1.76. The van der Waals surface area contributed by atoms with Crippen LogP contribution in [0.1, 0.15) is 67.2 Å². The molecule has 0 amide bonds. The van der Waals surface area contributed by atoms with Gasteiger partial charge in [0.25, 0.3) is 0 Å². The Hall–Kier alpha value is -0.790. The van der Waals surface area contributed by atoms with Crippen molar-refractivity contribution in [1.29, 1.82) is 0 Å². The second-order valence-electron chi connectivity index (χ2n) is 4.03. The molecule has 104 valence electrons. The molecular formula is C15H34N2. The topological polar surface area (TPSA) is 38.4 Å². The molecule has 0 saturated carbocycles. The number of hydrogen-bond acceptors (Lipinski definition) is 2. The van der Waals surface area contributed by atoms with E-state index >= 15 is 0 Å². The smallest absolute Gasteiger partial charge is 0.0277 e. The van der Waals surface area contributed by atoms with Gasteiger partial charge < -0.3 is 5.73 Å². The van der Waals surface area contributed by atoms with Crippen LogP contribution in [0.15, 0.2) is 16.8 Å². The normalized spacial score (nSPS) is 10.7. The van der Waals surface area contributed by atoms with Crippen molar-refractivity contribution < 1.29 is 0 Å². The van der Waals surface area contributed by atoms with Gasteiger partial charge in [-0.15, -0.1) is 0 Å². The zero-order valence-corrected chi connectivity index (χ0v) is 13.1. The highest BCUT2D eigenvalue weighted by Gasteiger charge is 1.89. The van der Waals surface area contributed by atoms with E-state index in [-0.39, 0.29) is 0 Å². The Balaban J connectivity index is -0.000000236. The lowest BCUT2D eigenvalue weighted by Gasteiger charge is -1.96. The van der Waals surface area contributed by atoms with E-state index in [1.54, 1.807) is 13.2 Å². The maximum absolute atomic E-state index is 5.35. The van der Waals surface area contributed by atoms with Crippen LogP contribution in [0.4, 0.5) is 0 Å². The Labute approximate surface area is 109 Å². The lowest BCUT2D eigenvalue weighted by atomic mass is 10.1. The SMILES string of the molecule is CC.CCC(C)C.CCCC/C(C=NC)=C/N. The van der Waals surface area contributed by atoms with Gasteiger partial charge >= 0.3 is 0 Å². The summed E-state index contributed by atoms with van der Waals surface area (Å²) >= 11 is 0. The van der Waals surface area contributed by atoms with E-state index in [4.69, 9.17) is 5.73 Å². The highest BCUT2D eigenvalue weighted by Crippen LogP contribution is 2.02. The summed E-state index contributed by atoms with van der Waals surface area (Å²) in [6.45, 7) is 12.8. The zero-order chi connectivity index (χ0) is 14.1. The minimum absolute atomic E-state index is 0.884. The predicted octanol–water partition coefficient (Wildman–Crippen LogP) is 4.80. The maximum Gasteiger partial charge on any atom is 0.0277 e. The number of rotatable bonds is 5. The van der Waals surface area contributed by atoms with E-state index in [1.807, 2.05) is 20.1 Å². The fourth-order valence-electron chi connectivity index (χ4n) is 0.738. The third kappa shape index (κ3) is 25.5. The van der Waals surface area contributed by atoms with Crippen molar-refractivity contribution in [3.63, 3.8) is 0 Å². The minimum Gasteiger partial charge on any atom is -0.404 e. The molecule has 2 nitrogen and oxygen atoms in total. The number of hydrogen-bond donors (Lipinski definition) is 1. The molecule has 0 fully saturated rings. The third-order valence-corrected chi connectivity index (χ3v) is 2.14. The lowest BCUT2D eigenvalue weighted by Crippen LogP contribution is -1.90. The van der Waals surface area contributed by atoms with Gasteiger partial charge in [-0.1, -0.05) is 54.4 Å². The van der Waals surface area contributed by atoms with Crippen LogP contribution in [-0.2, 0) is 0 Å². The van der Waals surface area contributed by atoms with E-state index in [9.17, 15) is 0 Å². The van der Waals surface area contributed by atoms with E-state index in [1.165, 1.54) is 19.3 Å². The number of nitrogens with zero attached hydrogens (tertiary/aromatic N) is 1. The van der Waals surface area contributed by atoms with Gasteiger partial charge in [-0.05, 0) is 30.5 Å². The summed E-state index contributed by atoms with van der Waals surface area (Å²) < 4.78 is 0. The van der Waals surface area contributed by atoms with Crippen LogP contribution >= 0.6 is 0 Å². The highest BCUT2D eigenvalue weighted by molar-refractivity contribution is 5.77. The average molecular weight is 242 g/mol. The van der Waals surface area contributed by atoms with Crippen LogP contribution in [0.5, 0.6) is 0 Å². The monoisotopic (exact) mass is 242 g/mol. The van der Waals surface area contributed by atoms with Crippen LogP contribution in [0.3, 0.4) is 0 Å². The highest BCUT2D eigenvalue weighted by atomic mass is 14.6. The molecule has 2 heteroatoms. The minimum atomic E-state index is 0.884. The third-order valence-electron chi connectivity index (χ3n) is 2.14. The van der Waals surface area contributed by atoms with Crippen LogP contribution in [0.2, 0.25) is 0 Å². The molecule has 0 aromatic heterocycles. The predicted molar refractivity (Wildman–Crippen MR) is 82.7 cm³/mol. The van der Waals surface area contributed by atoms with Gasteiger partial charge in [-0.2, -0.15) is 0 Å². The number of unbranched alkanes of at least 4 members (excludes halogenated alkanes) is 1. The lowest BCUT2D eigenvalue weighted by molar-refractivity contribution is 0.626. The molecule has 0 heterocycles. The molecule has 2 N–H and O–H groups in total. The van der Waals surface area contributed by atoms with Gasteiger partial charge in [0.05, 0.1) is 0 Å². The van der Waals surface area contributed by atoms with E-state index < -0.39 is 0 Å². The molecule has 0 unspecified atom stereocenters. The van der Waals surface area contributed by atoms with Crippen LogP contribution in [0.25, 0.3) is 0 Å². The second kappa shape index (κ2) is 20.6. The first-order chi connectivity index (χ1) is 8.12. The van der Waals surface area contributed by atoms with Crippen molar-refractivity contribution in [2.75, 3.05) is 7.05 Å². The van der Waals surface area contributed by atoms with Gasteiger partial charge in [0.2, 0.25) is 0 Å². The Morgan fingerprint density at radius 3 is 1.94 bits per heavy atom. The molecular weight excluding hydrogens is 208 g/mol. The van der Waals surface area contributed by atoms with E-state index in [0.29, 0.717) is 0 Å². The first kappa shape index (κ1) is 21.5. The Kier molecular flexibility index (Phi) is 26.0. The molecule has 0 bridgehead atoms. The molecule has 0 aliphatic heterocycles. The van der Waals surface area contributed by atoms with Crippen LogP contribution < -0.4 is 5.73 Å². The van der Waals surface area contributed by atoms with E-state index in [2.05, 4.69) is 32.7 Å². The molecule has 0 atom stereocenters. The molecule has 0 aromatic carbocycles. The van der Waals surface area contributed by atoms with Crippen molar-refractivity contribution in [3.8, 4) is 0 Å². The van der Waals surface area contributed by atoms with Crippen molar-refractivity contribution in [2.24, 2.45) is 16.6 Å². The standard InChI is InChI=1S/C8H16N2.C5H12.C2H6/c1-3-4-5-8(6-9)7-10-2;1-4-5(2)3;1-2/h6-7H,3-5,9H2,1-2H3;5H,4H2,1-3H3;1-2H3/b8-6-,10-7?;;. The Morgan fingerprint density at radius 1 is 1.24 bits per heavy atom. The molecule has 0 saturated heterocycles. The maximum atomic E-state index is 5.35. The van der Waals surface area contributed by atoms with Gasteiger partial charge in [0.15, 0.2) is 0 Å².